The van der Waals surface area contributed by atoms with Crippen LogP contribution in [0, 0.1) is 14.9 Å². The summed E-state index contributed by atoms with van der Waals surface area (Å²) in [5.74, 6) is -0.869. The zero-order chi connectivity index (χ0) is 13.0. The van der Waals surface area contributed by atoms with E-state index in [2.05, 4.69) is 9.72 Å². The van der Waals surface area contributed by atoms with E-state index in [4.69, 9.17) is 5.26 Å². The summed E-state index contributed by atoms with van der Waals surface area (Å²) in [6.07, 6.45) is -2.01. The van der Waals surface area contributed by atoms with Crippen molar-refractivity contribution in [3.8, 4) is 6.07 Å². The molecule has 0 saturated heterocycles. The third-order valence-corrected chi connectivity index (χ3v) is 2.92. The van der Waals surface area contributed by atoms with Crippen LogP contribution in [0.1, 0.15) is 35.0 Å². The Kier molecular flexibility index (Phi) is 4.74. The van der Waals surface area contributed by atoms with Crippen molar-refractivity contribution in [2.75, 3.05) is 6.61 Å². The van der Waals surface area contributed by atoms with Gasteiger partial charge in [-0.15, -0.1) is 0 Å². The van der Waals surface area contributed by atoms with Gasteiger partial charge in [-0.05, 0) is 29.5 Å². The number of pyridine rings is 1. The first-order chi connectivity index (χ1) is 8.02. The van der Waals surface area contributed by atoms with Crippen molar-refractivity contribution in [3.05, 3.63) is 26.6 Å². The number of hydrogen-bond acceptors (Lipinski definition) is 4. The maximum Gasteiger partial charge on any atom is 0.339 e. The molecule has 0 aliphatic heterocycles. The van der Waals surface area contributed by atoms with Gasteiger partial charge in [-0.25, -0.2) is 18.6 Å². The van der Waals surface area contributed by atoms with Gasteiger partial charge in [0.05, 0.1) is 21.3 Å². The summed E-state index contributed by atoms with van der Waals surface area (Å²) in [6.45, 7) is 1.64. The molecule has 1 aromatic rings. The van der Waals surface area contributed by atoms with Crippen molar-refractivity contribution in [1.29, 1.82) is 5.26 Å². The van der Waals surface area contributed by atoms with Crippen LogP contribution in [0.25, 0.3) is 0 Å². The number of aromatic nitrogens is 1. The number of nitriles is 1. The molecule has 0 unspecified atom stereocenters. The van der Waals surface area contributed by atoms with Gasteiger partial charge in [-0.3, -0.25) is 0 Å². The molecule has 1 heterocycles. The molecular weight excluding hydrogens is 345 g/mol. The zero-order valence-corrected chi connectivity index (χ0v) is 10.9. The Morgan fingerprint density at radius 2 is 2.35 bits per heavy atom. The number of hydrogen-bond donors (Lipinski definition) is 0. The number of alkyl halides is 2. The minimum absolute atomic E-state index is 0.0712. The van der Waals surface area contributed by atoms with Crippen molar-refractivity contribution >= 4 is 28.6 Å². The summed E-state index contributed by atoms with van der Waals surface area (Å²) in [5.41, 5.74) is -0.876. The van der Waals surface area contributed by atoms with Gasteiger partial charge < -0.3 is 4.74 Å². The standard InChI is InChI=1S/C10H7F2IN2O2/c1-2-17-10(16)7-5(9(11)12)4-15-6(3-14)8(7)13/h4,9H,2H2,1H3. The second-order valence-electron chi connectivity index (χ2n) is 2.88. The molecule has 0 spiro atoms. The molecule has 0 radical (unpaired) electrons. The minimum atomic E-state index is -2.84. The Morgan fingerprint density at radius 3 is 2.82 bits per heavy atom. The van der Waals surface area contributed by atoms with E-state index < -0.39 is 18.0 Å². The lowest BCUT2D eigenvalue weighted by atomic mass is 10.1. The predicted octanol–water partition coefficient (Wildman–Crippen LogP) is 2.67. The van der Waals surface area contributed by atoms with Gasteiger partial charge in [-0.2, -0.15) is 5.26 Å². The van der Waals surface area contributed by atoms with E-state index >= 15 is 0 Å². The van der Waals surface area contributed by atoms with E-state index in [1.165, 1.54) is 0 Å². The lowest BCUT2D eigenvalue weighted by Crippen LogP contribution is -2.13. The van der Waals surface area contributed by atoms with Crippen LogP contribution in [0.2, 0.25) is 0 Å². The fourth-order valence-corrected chi connectivity index (χ4v) is 1.95. The van der Waals surface area contributed by atoms with Gasteiger partial charge in [0, 0.05) is 6.20 Å². The smallest absolute Gasteiger partial charge is 0.339 e. The van der Waals surface area contributed by atoms with E-state index in [9.17, 15) is 13.6 Å². The molecule has 1 aromatic heterocycles. The predicted molar refractivity (Wildman–Crippen MR) is 62.6 cm³/mol. The molecule has 0 aromatic carbocycles. The maximum atomic E-state index is 12.7. The Morgan fingerprint density at radius 1 is 1.71 bits per heavy atom. The summed E-state index contributed by atoms with van der Waals surface area (Å²) < 4.78 is 30.2. The molecule has 0 fully saturated rings. The highest BCUT2D eigenvalue weighted by molar-refractivity contribution is 14.1. The highest BCUT2D eigenvalue weighted by Gasteiger charge is 2.25. The highest BCUT2D eigenvalue weighted by Crippen LogP contribution is 2.27. The lowest BCUT2D eigenvalue weighted by molar-refractivity contribution is 0.0513. The zero-order valence-electron chi connectivity index (χ0n) is 8.71. The Bertz CT molecular complexity index is 486. The van der Waals surface area contributed by atoms with E-state index in [1.807, 2.05) is 0 Å². The molecule has 0 saturated carbocycles. The van der Waals surface area contributed by atoms with Crippen LogP contribution < -0.4 is 0 Å². The summed E-state index contributed by atoms with van der Waals surface area (Å²) in [4.78, 5) is 15.1. The molecule has 0 atom stereocenters. The third kappa shape index (κ3) is 2.88. The van der Waals surface area contributed by atoms with Crippen LogP contribution in [0.15, 0.2) is 6.20 Å². The molecule has 7 heteroatoms. The second kappa shape index (κ2) is 5.86. The fraction of sp³-hybridized carbons (Fsp3) is 0.300. The first-order valence-electron chi connectivity index (χ1n) is 4.56. The van der Waals surface area contributed by atoms with Crippen LogP contribution in [0.3, 0.4) is 0 Å². The Hall–Kier alpha value is -1.30. The molecule has 0 aliphatic rings. The van der Waals surface area contributed by atoms with Gasteiger partial charge in [0.25, 0.3) is 6.43 Å². The Labute approximate surface area is 110 Å². The van der Waals surface area contributed by atoms with Crippen molar-refractivity contribution in [2.45, 2.75) is 13.3 Å². The third-order valence-electron chi connectivity index (χ3n) is 1.87. The number of ether oxygens (including phenoxy) is 1. The van der Waals surface area contributed by atoms with Gasteiger partial charge in [0.15, 0.2) is 5.69 Å². The second-order valence-corrected chi connectivity index (χ2v) is 3.96. The van der Waals surface area contributed by atoms with Crippen LogP contribution in [0.4, 0.5) is 8.78 Å². The van der Waals surface area contributed by atoms with E-state index in [-0.39, 0.29) is 21.4 Å². The van der Waals surface area contributed by atoms with Crippen LogP contribution >= 0.6 is 22.6 Å². The molecule has 0 N–H and O–H groups in total. The topological polar surface area (TPSA) is 63.0 Å². The van der Waals surface area contributed by atoms with Crippen LogP contribution in [-0.2, 0) is 4.74 Å². The van der Waals surface area contributed by atoms with Crippen LogP contribution in [0.5, 0.6) is 0 Å². The molecule has 0 bridgehead atoms. The highest BCUT2D eigenvalue weighted by atomic mass is 127. The summed E-state index contributed by atoms with van der Waals surface area (Å²) in [5, 5.41) is 8.73. The largest absolute Gasteiger partial charge is 0.462 e. The van der Waals surface area contributed by atoms with Crippen molar-refractivity contribution in [2.24, 2.45) is 0 Å². The quantitative estimate of drug-likeness (QED) is 0.620. The molecule has 0 aliphatic carbocycles. The fourth-order valence-electron chi connectivity index (χ4n) is 1.15. The van der Waals surface area contributed by atoms with Crippen LogP contribution in [-0.4, -0.2) is 17.6 Å². The number of carbonyl (C=O) groups excluding carboxylic acids is 1. The molecule has 4 nitrogen and oxygen atoms in total. The molecule has 1 rings (SSSR count). The number of carbonyl (C=O) groups is 1. The summed E-state index contributed by atoms with van der Waals surface area (Å²) in [7, 11) is 0. The molecule has 17 heavy (non-hydrogen) atoms. The first-order valence-corrected chi connectivity index (χ1v) is 5.64. The maximum absolute atomic E-state index is 12.7. The van der Waals surface area contributed by atoms with E-state index in [0.717, 1.165) is 6.20 Å². The van der Waals surface area contributed by atoms with Gasteiger partial charge in [0.1, 0.15) is 6.07 Å². The van der Waals surface area contributed by atoms with E-state index in [0.29, 0.717) is 0 Å². The average molecular weight is 352 g/mol. The molecular formula is C10H7F2IN2O2. The number of esters is 1. The van der Waals surface area contributed by atoms with Gasteiger partial charge >= 0.3 is 5.97 Å². The monoisotopic (exact) mass is 352 g/mol. The molecule has 90 valence electrons. The Balaban J connectivity index is 3.41. The number of halogens is 3. The number of nitrogens with zero attached hydrogens (tertiary/aromatic N) is 2. The van der Waals surface area contributed by atoms with Gasteiger partial charge in [-0.1, -0.05) is 0 Å². The van der Waals surface area contributed by atoms with Gasteiger partial charge in [0.2, 0.25) is 0 Å². The average Bonchev–Trinajstić information content (AvgIpc) is 2.28. The molecule has 0 amide bonds. The number of rotatable bonds is 3. The van der Waals surface area contributed by atoms with Crippen molar-refractivity contribution in [1.82, 2.24) is 4.98 Å². The van der Waals surface area contributed by atoms with Crippen molar-refractivity contribution < 1.29 is 18.3 Å². The summed E-state index contributed by atoms with van der Waals surface area (Å²) in [6, 6.07) is 1.73. The van der Waals surface area contributed by atoms with Crippen molar-refractivity contribution in [3.63, 3.8) is 0 Å². The SMILES string of the molecule is CCOC(=O)c1c(C(F)F)cnc(C#N)c1I. The minimum Gasteiger partial charge on any atom is -0.462 e. The lowest BCUT2D eigenvalue weighted by Gasteiger charge is -2.10. The first kappa shape index (κ1) is 13.8. The normalized spacial score (nSPS) is 10.1. The van der Waals surface area contributed by atoms with E-state index in [1.54, 1.807) is 35.6 Å². The summed E-state index contributed by atoms with van der Waals surface area (Å²) >= 11 is 1.64.